The van der Waals surface area contributed by atoms with Crippen molar-refractivity contribution in [2.24, 2.45) is 5.41 Å². The molecule has 1 aliphatic rings. The minimum atomic E-state index is -4.51. The summed E-state index contributed by atoms with van der Waals surface area (Å²) in [6.07, 6.45) is -0.0274. The number of imidazole rings is 1. The van der Waals surface area contributed by atoms with E-state index in [1.54, 1.807) is 24.3 Å². The van der Waals surface area contributed by atoms with Crippen molar-refractivity contribution in [1.82, 2.24) is 14.5 Å². The van der Waals surface area contributed by atoms with Gasteiger partial charge in [-0.1, -0.05) is 19.9 Å². The molecule has 0 atom stereocenters. The summed E-state index contributed by atoms with van der Waals surface area (Å²) >= 11 is 0. The summed E-state index contributed by atoms with van der Waals surface area (Å²) in [5.41, 5.74) is -0.602. The van der Waals surface area contributed by atoms with E-state index in [9.17, 15) is 18.0 Å². The van der Waals surface area contributed by atoms with Crippen molar-refractivity contribution in [3.63, 3.8) is 0 Å². The highest BCUT2D eigenvalue weighted by molar-refractivity contribution is 5.94. The van der Waals surface area contributed by atoms with E-state index in [0.29, 0.717) is 16.9 Å². The first-order chi connectivity index (χ1) is 12.1. The van der Waals surface area contributed by atoms with Crippen LogP contribution in [-0.2, 0) is 4.79 Å². The van der Waals surface area contributed by atoms with E-state index in [0.717, 1.165) is 13.8 Å². The van der Waals surface area contributed by atoms with Gasteiger partial charge < -0.3 is 0 Å². The molecular formula is C17H14F3N5O. The third-order valence-corrected chi connectivity index (χ3v) is 4.03. The molecule has 2 heterocycles. The van der Waals surface area contributed by atoms with Crippen LogP contribution in [0.3, 0.4) is 0 Å². The summed E-state index contributed by atoms with van der Waals surface area (Å²) in [5, 5.41) is 11.4. The Bertz CT molecular complexity index is 992. The fraction of sp³-hybridized carbons (Fsp3) is 0.294. The van der Waals surface area contributed by atoms with Gasteiger partial charge in [0.25, 0.3) is 0 Å². The van der Waals surface area contributed by atoms with Gasteiger partial charge in [-0.15, -0.1) is 0 Å². The summed E-state index contributed by atoms with van der Waals surface area (Å²) in [5.74, 6) is -0.755. The van der Waals surface area contributed by atoms with Crippen LogP contribution in [0.2, 0.25) is 0 Å². The second kappa shape index (κ2) is 5.98. The quantitative estimate of drug-likeness (QED) is 0.901. The molecule has 0 aromatic carbocycles. The normalized spacial score (nSPS) is 13.9. The number of nitriles is 1. The number of fused-ring (bicyclic) bond motifs is 1. The number of pyridine rings is 1. The highest BCUT2D eigenvalue weighted by Gasteiger charge is 2.48. The van der Waals surface area contributed by atoms with E-state index in [-0.39, 0.29) is 11.6 Å². The number of allylic oxidation sites excluding steroid dienone is 4. The Hall–Kier alpha value is -3.15. The van der Waals surface area contributed by atoms with Crippen LogP contribution in [0.5, 0.6) is 0 Å². The second-order valence-electron chi connectivity index (χ2n) is 6.48. The first-order valence-electron chi connectivity index (χ1n) is 7.67. The first kappa shape index (κ1) is 17.7. The van der Waals surface area contributed by atoms with Crippen LogP contribution < -0.4 is 5.32 Å². The monoisotopic (exact) mass is 361 g/mol. The van der Waals surface area contributed by atoms with Crippen molar-refractivity contribution in [2.45, 2.75) is 26.4 Å². The summed E-state index contributed by atoms with van der Waals surface area (Å²) < 4.78 is 40.5. The number of halogens is 3. The van der Waals surface area contributed by atoms with Crippen molar-refractivity contribution in [3.05, 3.63) is 36.1 Å². The summed E-state index contributed by atoms with van der Waals surface area (Å²) in [7, 11) is 0. The SMILES string of the molecule is CC(C)(CC(=O)Nc1nc2ccc(C#N)nc2n1C1=CC=C1)C(F)(F)F. The summed E-state index contributed by atoms with van der Waals surface area (Å²) in [4.78, 5) is 20.6. The van der Waals surface area contributed by atoms with E-state index < -0.39 is 23.9 Å². The Balaban J connectivity index is 1.95. The molecule has 1 aliphatic carbocycles. The fourth-order valence-electron chi connectivity index (χ4n) is 2.35. The Morgan fingerprint density at radius 2 is 2.00 bits per heavy atom. The molecule has 0 bridgehead atoms. The van der Waals surface area contributed by atoms with Crippen molar-refractivity contribution < 1.29 is 18.0 Å². The predicted molar refractivity (Wildman–Crippen MR) is 88.7 cm³/mol. The number of alkyl halides is 3. The van der Waals surface area contributed by atoms with Crippen LogP contribution in [-0.4, -0.2) is 26.6 Å². The van der Waals surface area contributed by atoms with Gasteiger partial charge >= 0.3 is 6.18 Å². The van der Waals surface area contributed by atoms with Gasteiger partial charge in [0, 0.05) is 6.42 Å². The van der Waals surface area contributed by atoms with Gasteiger partial charge in [-0.2, -0.15) is 18.4 Å². The van der Waals surface area contributed by atoms with Crippen LogP contribution in [0.25, 0.3) is 16.9 Å². The van der Waals surface area contributed by atoms with Gasteiger partial charge in [0.2, 0.25) is 11.9 Å². The smallest absolute Gasteiger partial charge is 0.296 e. The first-order valence-corrected chi connectivity index (χ1v) is 7.67. The van der Waals surface area contributed by atoms with Crippen LogP contribution in [0.4, 0.5) is 19.1 Å². The van der Waals surface area contributed by atoms with Crippen molar-refractivity contribution in [3.8, 4) is 6.07 Å². The van der Waals surface area contributed by atoms with E-state index in [2.05, 4.69) is 15.3 Å². The van der Waals surface area contributed by atoms with E-state index in [4.69, 9.17) is 5.26 Å². The molecule has 0 unspecified atom stereocenters. The largest absolute Gasteiger partial charge is 0.394 e. The van der Waals surface area contributed by atoms with Gasteiger partial charge in [0.05, 0.1) is 11.1 Å². The molecular weight excluding hydrogens is 347 g/mol. The predicted octanol–water partition coefficient (Wildman–Crippen LogP) is 3.63. The molecule has 1 N–H and O–H groups in total. The molecule has 3 rings (SSSR count). The number of carbonyl (C=O) groups is 1. The van der Waals surface area contributed by atoms with Crippen LogP contribution in [0, 0.1) is 16.7 Å². The zero-order valence-corrected chi connectivity index (χ0v) is 13.9. The van der Waals surface area contributed by atoms with Crippen molar-refractivity contribution in [2.75, 3.05) is 5.32 Å². The van der Waals surface area contributed by atoms with Crippen LogP contribution in [0.15, 0.2) is 30.4 Å². The molecule has 26 heavy (non-hydrogen) atoms. The lowest BCUT2D eigenvalue weighted by molar-refractivity contribution is -0.213. The second-order valence-corrected chi connectivity index (χ2v) is 6.48. The molecule has 0 radical (unpaired) electrons. The number of carbonyl (C=O) groups excluding carboxylic acids is 1. The van der Waals surface area contributed by atoms with E-state index in [1.807, 2.05) is 6.07 Å². The number of nitrogens with zero attached hydrogens (tertiary/aromatic N) is 4. The lowest BCUT2D eigenvalue weighted by Gasteiger charge is -2.26. The van der Waals surface area contributed by atoms with Gasteiger partial charge in [0.15, 0.2) is 5.65 Å². The van der Waals surface area contributed by atoms with Gasteiger partial charge in [0.1, 0.15) is 17.3 Å². The third-order valence-electron chi connectivity index (χ3n) is 4.03. The number of aromatic nitrogens is 3. The Labute approximate surface area is 146 Å². The van der Waals surface area contributed by atoms with E-state index in [1.165, 1.54) is 10.6 Å². The average molecular weight is 361 g/mol. The number of anilines is 1. The number of hydrogen-bond donors (Lipinski definition) is 1. The topological polar surface area (TPSA) is 83.6 Å². The number of rotatable bonds is 4. The van der Waals surface area contributed by atoms with Gasteiger partial charge in [-0.3, -0.25) is 14.7 Å². The zero-order valence-electron chi connectivity index (χ0n) is 13.9. The Morgan fingerprint density at radius 3 is 2.54 bits per heavy atom. The van der Waals surface area contributed by atoms with Crippen LogP contribution in [0.1, 0.15) is 26.0 Å². The molecule has 2 aromatic rings. The average Bonchev–Trinajstić information content (AvgIpc) is 2.81. The zero-order chi connectivity index (χ0) is 19.1. The number of amides is 1. The highest BCUT2D eigenvalue weighted by atomic mass is 19.4. The van der Waals surface area contributed by atoms with Gasteiger partial charge in [-0.05, 0) is 24.3 Å². The number of hydrogen-bond acceptors (Lipinski definition) is 4. The van der Waals surface area contributed by atoms with Crippen molar-refractivity contribution >= 4 is 28.7 Å². The number of nitrogens with one attached hydrogen (secondary N) is 1. The summed E-state index contributed by atoms with van der Waals surface area (Å²) in [6.45, 7) is 1.93. The minimum Gasteiger partial charge on any atom is -0.296 e. The molecule has 2 aromatic heterocycles. The molecule has 0 aliphatic heterocycles. The minimum absolute atomic E-state index is 0.0566. The highest BCUT2D eigenvalue weighted by Crippen LogP contribution is 2.40. The molecule has 9 heteroatoms. The lowest BCUT2D eigenvalue weighted by Crippen LogP contribution is -2.36. The Morgan fingerprint density at radius 1 is 1.31 bits per heavy atom. The molecule has 0 saturated heterocycles. The molecule has 134 valence electrons. The standard InChI is InChI=1S/C17H14F3N5O/c1-16(2,17(18,19)20)8-13(26)24-15-23-12-7-6-10(9-21)22-14(12)25(15)11-4-3-5-11/h3-7H,8H2,1-2H3,(H,23,24,26). The third kappa shape index (κ3) is 3.06. The molecule has 0 saturated carbocycles. The van der Waals surface area contributed by atoms with E-state index >= 15 is 0 Å². The van der Waals surface area contributed by atoms with Crippen LogP contribution >= 0.6 is 0 Å². The molecule has 6 nitrogen and oxygen atoms in total. The maximum absolute atomic E-state index is 13.0. The molecule has 0 spiro atoms. The maximum Gasteiger partial charge on any atom is 0.394 e. The summed E-state index contributed by atoms with van der Waals surface area (Å²) in [6, 6.07) is 4.96. The van der Waals surface area contributed by atoms with Crippen molar-refractivity contribution in [1.29, 1.82) is 5.26 Å². The lowest BCUT2D eigenvalue weighted by atomic mass is 9.88. The molecule has 1 amide bonds. The Kier molecular flexibility index (Phi) is 4.06. The van der Waals surface area contributed by atoms with Gasteiger partial charge in [-0.25, -0.2) is 9.97 Å². The fourth-order valence-corrected chi connectivity index (χ4v) is 2.35. The maximum atomic E-state index is 13.0. The molecule has 0 fully saturated rings.